The van der Waals surface area contributed by atoms with E-state index >= 15 is 0 Å². The third-order valence-corrected chi connectivity index (χ3v) is 3.81. The summed E-state index contributed by atoms with van der Waals surface area (Å²) < 4.78 is 42.3. The molecule has 0 saturated heterocycles. The van der Waals surface area contributed by atoms with Gasteiger partial charge in [0.25, 0.3) is 0 Å². The summed E-state index contributed by atoms with van der Waals surface area (Å²) in [5, 5.41) is 8.71. The Hall–Kier alpha value is -3.23. The number of nitrogens with zero attached hydrogens (tertiary/aromatic N) is 1. The van der Waals surface area contributed by atoms with Gasteiger partial charge in [0, 0.05) is 25.8 Å². The number of carbonyl (C=O) groups excluding carboxylic acids is 1. The fourth-order valence-corrected chi connectivity index (χ4v) is 2.28. The molecule has 0 bridgehead atoms. The normalized spacial score (nSPS) is 11.7. The van der Waals surface area contributed by atoms with Crippen molar-refractivity contribution in [2.75, 3.05) is 19.5 Å². The maximum absolute atomic E-state index is 12.6. The standard InChI is InChI=1S/C19H21F3N4O2/c1-23-17(24-11-13-3-7-15(8-4-13)19(20,21)22)25-12-14-5-9-16(10-6-14)26-18(27)28-2/h3-10H,11-12H2,1-2H3,(H,26,27)(H2,23,24,25). The minimum Gasteiger partial charge on any atom is -0.453 e. The van der Waals surface area contributed by atoms with Crippen LogP contribution in [-0.4, -0.2) is 26.2 Å². The highest BCUT2D eigenvalue weighted by Crippen LogP contribution is 2.29. The van der Waals surface area contributed by atoms with E-state index in [9.17, 15) is 18.0 Å². The van der Waals surface area contributed by atoms with Crippen molar-refractivity contribution < 1.29 is 22.7 Å². The smallest absolute Gasteiger partial charge is 0.416 e. The molecular formula is C19H21F3N4O2. The molecule has 0 unspecified atom stereocenters. The van der Waals surface area contributed by atoms with Gasteiger partial charge in [0.2, 0.25) is 0 Å². The first-order valence-electron chi connectivity index (χ1n) is 8.36. The van der Waals surface area contributed by atoms with Crippen LogP contribution in [0.25, 0.3) is 0 Å². The van der Waals surface area contributed by atoms with Gasteiger partial charge in [-0.3, -0.25) is 10.3 Å². The van der Waals surface area contributed by atoms with E-state index in [0.29, 0.717) is 30.3 Å². The van der Waals surface area contributed by atoms with Crippen molar-refractivity contribution in [3.05, 3.63) is 65.2 Å². The Morgan fingerprint density at radius 2 is 1.46 bits per heavy atom. The number of amides is 1. The van der Waals surface area contributed by atoms with Crippen LogP contribution in [-0.2, 0) is 24.0 Å². The van der Waals surface area contributed by atoms with Crippen molar-refractivity contribution in [2.24, 2.45) is 4.99 Å². The molecule has 0 aromatic heterocycles. The van der Waals surface area contributed by atoms with Gasteiger partial charge in [-0.25, -0.2) is 4.79 Å². The highest BCUT2D eigenvalue weighted by Gasteiger charge is 2.29. The van der Waals surface area contributed by atoms with E-state index < -0.39 is 17.8 Å². The summed E-state index contributed by atoms with van der Waals surface area (Å²) >= 11 is 0. The number of rotatable bonds is 5. The number of halogens is 3. The average molecular weight is 394 g/mol. The molecule has 2 aromatic rings. The SMILES string of the molecule is CN=C(NCc1ccc(NC(=O)OC)cc1)NCc1ccc(C(F)(F)F)cc1. The van der Waals surface area contributed by atoms with E-state index in [2.05, 4.69) is 25.7 Å². The Morgan fingerprint density at radius 3 is 1.89 bits per heavy atom. The number of alkyl halides is 3. The zero-order valence-corrected chi connectivity index (χ0v) is 15.4. The number of guanidine groups is 1. The van der Waals surface area contributed by atoms with Crippen molar-refractivity contribution in [3.63, 3.8) is 0 Å². The molecule has 0 aliphatic carbocycles. The number of benzene rings is 2. The van der Waals surface area contributed by atoms with E-state index in [0.717, 1.165) is 17.7 Å². The minimum absolute atomic E-state index is 0.333. The first-order valence-corrected chi connectivity index (χ1v) is 8.36. The molecule has 0 fully saturated rings. The molecule has 3 N–H and O–H groups in total. The molecule has 9 heteroatoms. The molecule has 2 aromatic carbocycles. The van der Waals surface area contributed by atoms with E-state index in [-0.39, 0.29) is 0 Å². The summed E-state index contributed by atoms with van der Waals surface area (Å²) in [4.78, 5) is 15.2. The monoisotopic (exact) mass is 394 g/mol. The lowest BCUT2D eigenvalue weighted by molar-refractivity contribution is -0.137. The van der Waals surface area contributed by atoms with Crippen molar-refractivity contribution >= 4 is 17.7 Å². The van der Waals surface area contributed by atoms with Crippen LogP contribution in [0.3, 0.4) is 0 Å². The molecule has 0 aliphatic rings. The fraction of sp³-hybridized carbons (Fsp3) is 0.263. The third-order valence-electron chi connectivity index (χ3n) is 3.81. The van der Waals surface area contributed by atoms with Gasteiger partial charge in [0.05, 0.1) is 12.7 Å². The van der Waals surface area contributed by atoms with Crippen LogP contribution in [0, 0.1) is 0 Å². The van der Waals surface area contributed by atoms with Gasteiger partial charge in [-0.1, -0.05) is 24.3 Å². The average Bonchev–Trinajstić information content (AvgIpc) is 2.69. The van der Waals surface area contributed by atoms with Crippen molar-refractivity contribution in [1.29, 1.82) is 0 Å². The predicted molar refractivity (Wildman–Crippen MR) is 101 cm³/mol. The Morgan fingerprint density at radius 1 is 0.964 bits per heavy atom. The number of nitrogens with one attached hydrogen (secondary N) is 3. The van der Waals surface area contributed by atoms with Crippen LogP contribution in [0.2, 0.25) is 0 Å². The Balaban J connectivity index is 1.83. The van der Waals surface area contributed by atoms with Crippen LogP contribution >= 0.6 is 0 Å². The van der Waals surface area contributed by atoms with Crippen molar-refractivity contribution in [2.45, 2.75) is 19.3 Å². The predicted octanol–water partition coefficient (Wildman–Crippen LogP) is 3.75. The minimum atomic E-state index is -4.34. The fourth-order valence-electron chi connectivity index (χ4n) is 2.28. The largest absolute Gasteiger partial charge is 0.453 e. The lowest BCUT2D eigenvalue weighted by atomic mass is 10.1. The summed E-state index contributed by atoms with van der Waals surface area (Å²) in [6, 6.07) is 12.1. The molecular weight excluding hydrogens is 373 g/mol. The number of carbonyl (C=O) groups is 1. The summed E-state index contributed by atoms with van der Waals surface area (Å²) in [6.45, 7) is 0.811. The molecule has 0 atom stereocenters. The van der Waals surface area contributed by atoms with Crippen LogP contribution in [0.4, 0.5) is 23.7 Å². The molecule has 6 nitrogen and oxygen atoms in total. The second-order valence-electron chi connectivity index (χ2n) is 5.79. The maximum Gasteiger partial charge on any atom is 0.416 e. The molecule has 0 saturated carbocycles. The van der Waals surface area contributed by atoms with Gasteiger partial charge < -0.3 is 15.4 Å². The van der Waals surface area contributed by atoms with Crippen molar-refractivity contribution in [3.8, 4) is 0 Å². The first kappa shape index (κ1) is 21.1. The number of aliphatic imine (C=N–C) groups is 1. The zero-order valence-electron chi connectivity index (χ0n) is 15.4. The molecule has 0 spiro atoms. The molecule has 2 rings (SSSR count). The molecule has 1 amide bonds. The highest BCUT2D eigenvalue weighted by molar-refractivity contribution is 5.84. The lowest BCUT2D eigenvalue weighted by Crippen LogP contribution is -2.36. The lowest BCUT2D eigenvalue weighted by Gasteiger charge is -2.13. The number of hydrogen-bond acceptors (Lipinski definition) is 3. The molecule has 0 heterocycles. The highest BCUT2D eigenvalue weighted by atomic mass is 19.4. The summed E-state index contributed by atoms with van der Waals surface area (Å²) in [5.41, 5.74) is 1.59. The van der Waals surface area contributed by atoms with E-state index in [1.165, 1.54) is 19.2 Å². The summed E-state index contributed by atoms with van der Waals surface area (Å²) in [5.74, 6) is 0.511. The van der Waals surface area contributed by atoms with Crippen LogP contribution in [0.15, 0.2) is 53.5 Å². The molecule has 0 aliphatic heterocycles. The van der Waals surface area contributed by atoms with Crippen molar-refractivity contribution in [1.82, 2.24) is 10.6 Å². The molecule has 0 radical (unpaired) electrons. The van der Waals surface area contributed by atoms with Gasteiger partial charge >= 0.3 is 12.3 Å². The zero-order chi connectivity index (χ0) is 20.6. The number of anilines is 1. The third kappa shape index (κ3) is 6.49. The number of methoxy groups -OCH3 is 1. The number of ether oxygens (including phenoxy) is 1. The summed E-state index contributed by atoms with van der Waals surface area (Å²) in [7, 11) is 2.89. The van der Waals surface area contributed by atoms with E-state index in [1.807, 2.05) is 12.1 Å². The first-order chi connectivity index (χ1) is 13.3. The van der Waals surface area contributed by atoms with Gasteiger partial charge in [-0.05, 0) is 35.4 Å². The Bertz CT molecular complexity index is 803. The topological polar surface area (TPSA) is 74.8 Å². The van der Waals surface area contributed by atoms with Gasteiger partial charge in [-0.2, -0.15) is 13.2 Å². The second kappa shape index (κ2) is 9.63. The van der Waals surface area contributed by atoms with E-state index in [4.69, 9.17) is 0 Å². The van der Waals surface area contributed by atoms with Gasteiger partial charge in [-0.15, -0.1) is 0 Å². The van der Waals surface area contributed by atoms with Crippen LogP contribution in [0.5, 0.6) is 0 Å². The Kier molecular flexibility index (Phi) is 7.25. The second-order valence-corrected chi connectivity index (χ2v) is 5.79. The van der Waals surface area contributed by atoms with Gasteiger partial charge in [0.15, 0.2) is 5.96 Å². The van der Waals surface area contributed by atoms with Gasteiger partial charge in [0.1, 0.15) is 0 Å². The molecule has 28 heavy (non-hydrogen) atoms. The number of hydrogen-bond donors (Lipinski definition) is 3. The summed E-state index contributed by atoms with van der Waals surface area (Å²) in [6.07, 6.45) is -4.88. The van der Waals surface area contributed by atoms with Crippen LogP contribution in [0.1, 0.15) is 16.7 Å². The maximum atomic E-state index is 12.6. The molecule has 150 valence electrons. The van der Waals surface area contributed by atoms with Crippen LogP contribution < -0.4 is 16.0 Å². The van der Waals surface area contributed by atoms with E-state index in [1.54, 1.807) is 19.2 Å². The quantitative estimate of drug-likeness (QED) is 0.533. The Labute approximate surface area is 160 Å².